The number of carbonyl (C=O) groups is 1. The molecule has 1 aliphatic heterocycles. The van der Waals surface area contributed by atoms with Crippen LogP contribution in [-0.4, -0.2) is 36.0 Å². The minimum atomic E-state index is -0.0945. The summed E-state index contributed by atoms with van der Waals surface area (Å²) in [6.07, 6.45) is 7.42. The lowest BCUT2D eigenvalue weighted by atomic mass is 10.1. The van der Waals surface area contributed by atoms with Crippen molar-refractivity contribution in [3.8, 4) is 17.2 Å². The van der Waals surface area contributed by atoms with Crippen LogP contribution in [-0.2, 0) is 6.54 Å². The zero-order valence-electron chi connectivity index (χ0n) is 20.3. The van der Waals surface area contributed by atoms with Crippen LogP contribution in [0, 0.1) is 0 Å². The van der Waals surface area contributed by atoms with Crippen LogP contribution in [0.4, 0.5) is 0 Å². The molecule has 0 unspecified atom stereocenters. The van der Waals surface area contributed by atoms with Crippen molar-refractivity contribution in [1.82, 2.24) is 4.90 Å². The lowest BCUT2D eigenvalue weighted by molar-refractivity contribution is 0.101. The summed E-state index contributed by atoms with van der Waals surface area (Å²) in [6, 6.07) is 22.6. The van der Waals surface area contributed by atoms with Crippen molar-refractivity contribution in [2.24, 2.45) is 0 Å². The van der Waals surface area contributed by atoms with E-state index in [9.17, 15) is 9.90 Å². The van der Waals surface area contributed by atoms with Crippen molar-refractivity contribution in [3.63, 3.8) is 0 Å². The van der Waals surface area contributed by atoms with E-state index in [0.717, 1.165) is 49.2 Å². The van der Waals surface area contributed by atoms with Gasteiger partial charge < -0.3 is 19.5 Å². The summed E-state index contributed by atoms with van der Waals surface area (Å²) < 4.78 is 11.7. The highest BCUT2D eigenvalue weighted by Crippen LogP contribution is 2.35. The number of aromatic hydroxyl groups is 1. The van der Waals surface area contributed by atoms with Crippen molar-refractivity contribution in [2.75, 3.05) is 20.2 Å². The van der Waals surface area contributed by atoms with Crippen LogP contribution >= 0.6 is 0 Å². The van der Waals surface area contributed by atoms with E-state index < -0.39 is 0 Å². The smallest absolute Gasteiger partial charge is 0.231 e. The maximum Gasteiger partial charge on any atom is 0.231 e. The van der Waals surface area contributed by atoms with E-state index in [0.29, 0.717) is 29.4 Å². The van der Waals surface area contributed by atoms with E-state index in [1.54, 1.807) is 24.3 Å². The number of unbranched alkanes of at least 4 members (excludes halogenated alkanes) is 4. The number of hydrogen-bond donors (Lipinski definition) is 1. The molecule has 3 aromatic rings. The Kier molecular flexibility index (Phi) is 8.58. The molecule has 0 amide bonds. The van der Waals surface area contributed by atoms with Gasteiger partial charge in [0, 0.05) is 12.6 Å². The molecule has 35 heavy (non-hydrogen) atoms. The molecule has 0 aliphatic carbocycles. The van der Waals surface area contributed by atoms with Gasteiger partial charge in [0.1, 0.15) is 17.2 Å². The van der Waals surface area contributed by atoms with Crippen LogP contribution in [0.3, 0.4) is 0 Å². The molecule has 0 saturated carbocycles. The first-order chi connectivity index (χ1) is 17.1. The van der Waals surface area contributed by atoms with Crippen LogP contribution in [0.2, 0.25) is 0 Å². The number of phenolic OH excluding ortho intramolecular Hbond substituents is 1. The number of phenols is 1. The van der Waals surface area contributed by atoms with E-state index in [4.69, 9.17) is 9.47 Å². The quantitative estimate of drug-likeness (QED) is 0.242. The van der Waals surface area contributed by atoms with E-state index in [2.05, 4.69) is 11.9 Å². The van der Waals surface area contributed by atoms with Gasteiger partial charge in [-0.1, -0.05) is 61.7 Å². The Morgan fingerprint density at radius 1 is 0.914 bits per heavy atom. The van der Waals surface area contributed by atoms with Gasteiger partial charge in [0.05, 0.1) is 12.2 Å². The second-order valence-corrected chi connectivity index (χ2v) is 9.03. The fraction of sp³-hybridized carbons (Fsp3) is 0.300. The highest BCUT2D eigenvalue weighted by molar-refractivity contribution is 6.14. The molecule has 1 N–H and O–H groups in total. The first-order valence-electron chi connectivity index (χ1n) is 12.3. The van der Waals surface area contributed by atoms with Gasteiger partial charge in [-0.15, -0.1) is 0 Å². The van der Waals surface area contributed by atoms with Gasteiger partial charge in [-0.05, 0) is 67.9 Å². The molecule has 0 bridgehead atoms. The van der Waals surface area contributed by atoms with Crippen molar-refractivity contribution < 1.29 is 19.4 Å². The van der Waals surface area contributed by atoms with Crippen LogP contribution in [0.25, 0.3) is 6.08 Å². The van der Waals surface area contributed by atoms with E-state index >= 15 is 0 Å². The molecule has 1 heterocycles. The Hall–Kier alpha value is -3.57. The second kappa shape index (κ2) is 12.2. The standard InChI is InChI=1S/C30H33NO4/c1-31(22-24-13-10-14-25(32)19-24)17-8-3-2-4-9-18-34-26-15-16-27-28(21-26)35-29(30(27)33)20-23-11-6-5-7-12-23/h5-7,10-16,19-21,32H,2-4,8-9,17-18,22H2,1H3/b29-20-. The predicted octanol–water partition coefficient (Wildman–Crippen LogP) is 6.47. The van der Waals surface area contributed by atoms with Crippen LogP contribution in [0.15, 0.2) is 78.6 Å². The fourth-order valence-electron chi connectivity index (χ4n) is 4.21. The van der Waals surface area contributed by atoms with Crippen LogP contribution in [0.1, 0.15) is 53.6 Å². The van der Waals surface area contributed by atoms with Crippen molar-refractivity contribution >= 4 is 11.9 Å². The number of carbonyl (C=O) groups excluding carboxylic acids is 1. The molecular weight excluding hydrogens is 438 g/mol. The number of allylic oxidation sites excluding steroid dienone is 1. The molecule has 0 saturated heterocycles. The Balaban J connectivity index is 1.12. The highest BCUT2D eigenvalue weighted by atomic mass is 16.5. The van der Waals surface area contributed by atoms with Crippen LogP contribution in [0.5, 0.6) is 17.2 Å². The molecule has 0 spiro atoms. The number of Topliss-reactive ketones (excluding diaryl/α,β-unsaturated/α-hetero) is 1. The first kappa shape index (κ1) is 24.6. The van der Waals surface area contributed by atoms with Gasteiger partial charge in [-0.3, -0.25) is 4.79 Å². The molecular formula is C30H33NO4. The number of benzene rings is 3. The molecule has 0 atom stereocenters. The van der Waals surface area contributed by atoms with Crippen molar-refractivity contribution in [2.45, 2.75) is 38.6 Å². The molecule has 5 heteroatoms. The topological polar surface area (TPSA) is 59.0 Å². The maximum atomic E-state index is 12.6. The molecule has 5 nitrogen and oxygen atoms in total. The summed E-state index contributed by atoms with van der Waals surface area (Å²) in [6.45, 7) is 2.54. The largest absolute Gasteiger partial charge is 0.508 e. The van der Waals surface area contributed by atoms with Gasteiger partial charge in [0.15, 0.2) is 5.76 Å². The lowest BCUT2D eigenvalue weighted by Crippen LogP contribution is -2.18. The summed E-state index contributed by atoms with van der Waals surface area (Å²) in [5.41, 5.74) is 2.64. The SMILES string of the molecule is CN(CCCCCCCOc1ccc2c(c1)O/C(=C\c1ccccc1)C2=O)Cc1cccc(O)c1. The maximum absolute atomic E-state index is 12.6. The molecule has 182 valence electrons. The summed E-state index contributed by atoms with van der Waals surface area (Å²) >= 11 is 0. The predicted molar refractivity (Wildman–Crippen MR) is 139 cm³/mol. The second-order valence-electron chi connectivity index (χ2n) is 9.03. The van der Waals surface area contributed by atoms with Gasteiger partial charge in [-0.25, -0.2) is 0 Å². The van der Waals surface area contributed by atoms with Crippen molar-refractivity contribution in [3.05, 3.63) is 95.2 Å². The molecule has 3 aromatic carbocycles. The van der Waals surface area contributed by atoms with Gasteiger partial charge in [0.25, 0.3) is 0 Å². The summed E-state index contributed by atoms with van der Waals surface area (Å²) in [4.78, 5) is 14.9. The summed E-state index contributed by atoms with van der Waals surface area (Å²) in [7, 11) is 2.12. The zero-order chi connectivity index (χ0) is 24.5. The third-order valence-electron chi connectivity index (χ3n) is 6.05. The average Bonchev–Trinajstić information content (AvgIpc) is 3.15. The number of ketones is 1. The van der Waals surface area contributed by atoms with Crippen LogP contribution < -0.4 is 9.47 Å². The van der Waals surface area contributed by atoms with Gasteiger partial charge >= 0.3 is 0 Å². The monoisotopic (exact) mass is 471 g/mol. The van der Waals surface area contributed by atoms with E-state index in [1.165, 1.54) is 12.8 Å². The first-order valence-corrected chi connectivity index (χ1v) is 12.3. The van der Waals surface area contributed by atoms with Crippen molar-refractivity contribution in [1.29, 1.82) is 0 Å². The Labute approximate surface area is 207 Å². The Morgan fingerprint density at radius 3 is 2.54 bits per heavy atom. The Morgan fingerprint density at radius 2 is 1.71 bits per heavy atom. The summed E-state index contributed by atoms with van der Waals surface area (Å²) in [5.74, 6) is 1.86. The van der Waals surface area contributed by atoms with Gasteiger partial charge in [-0.2, -0.15) is 0 Å². The normalized spacial score (nSPS) is 13.8. The number of rotatable bonds is 12. The third kappa shape index (κ3) is 7.20. The molecule has 0 radical (unpaired) electrons. The minimum absolute atomic E-state index is 0.0945. The lowest BCUT2D eigenvalue weighted by Gasteiger charge is -2.16. The van der Waals surface area contributed by atoms with Gasteiger partial charge in [0.2, 0.25) is 5.78 Å². The molecule has 4 rings (SSSR count). The minimum Gasteiger partial charge on any atom is -0.508 e. The highest BCUT2D eigenvalue weighted by Gasteiger charge is 2.27. The molecule has 0 fully saturated rings. The molecule has 0 aromatic heterocycles. The van der Waals surface area contributed by atoms with E-state index in [-0.39, 0.29) is 5.78 Å². The number of fused-ring (bicyclic) bond motifs is 1. The third-order valence-corrected chi connectivity index (χ3v) is 6.05. The number of hydrogen-bond acceptors (Lipinski definition) is 5. The number of ether oxygens (including phenoxy) is 2. The van der Waals surface area contributed by atoms with E-state index in [1.807, 2.05) is 54.6 Å². The average molecular weight is 472 g/mol. The summed E-state index contributed by atoms with van der Waals surface area (Å²) in [5, 5.41) is 9.58. The zero-order valence-corrected chi connectivity index (χ0v) is 20.3. The Bertz CT molecular complexity index is 1160. The fourth-order valence-corrected chi connectivity index (χ4v) is 4.21. The molecule has 1 aliphatic rings. The number of nitrogens with zero attached hydrogens (tertiary/aromatic N) is 1.